The van der Waals surface area contributed by atoms with Crippen LogP contribution >= 0.6 is 0 Å². The Hall–Kier alpha value is -0.850. The maximum absolute atomic E-state index is 13.0. The molecule has 0 aliphatic carbocycles. The molecule has 8 atom stereocenters. The SMILES string of the molecule is CCCCCCCCCCCCCCCCCCCCCCCCCC(=O)NC(CO[C@H]1O[C@H](CO)[C@H](O)[C@H](O)[C@H]1O)C(O)[C@H](O)CCCCCCCCCCCCCC. The van der Waals surface area contributed by atoms with Crippen LogP contribution in [-0.2, 0) is 14.3 Å². The number of nitrogens with one attached hydrogen (secondary N) is 1. The molecule has 0 aromatic heterocycles. The van der Waals surface area contributed by atoms with Crippen molar-refractivity contribution in [2.75, 3.05) is 13.2 Å². The lowest BCUT2D eigenvalue weighted by Gasteiger charge is -2.40. The summed E-state index contributed by atoms with van der Waals surface area (Å²) >= 11 is 0. The number of hydrogen-bond acceptors (Lipinski definition) is 9. The van der Waals surface area contributed by atoms with Gasteiger partial charge in [-0.3, -0.25) is 4.79 Å². The van der Waals surface area contributed by atoms with Crippen molar-refractivity contribution in [3.05, 3.63) is 0 Å². The van der Waals surface area contributed by atoms with Gasteiger partial charge in [0.05, 0.1) is 25.4 Å². The quantitative estimate of drug-likeness (QED) is 0.0295. The first-order valence-electron chi connectivity index (χ1n) is 25.8. The molecule has 1 aliphatic heterocycles. The number of unbranched alkanes of at least 4 members (excludes halogenated alkanes) is 33. The molecule has 2 unspecified atom stereocenters. The third kappa shape index (κ3) is 30.3. The average Bonchev–Trinajstić information content (AvgIpc) is 3.25. The van der Waals surface area contributed by atoms with E-state index in [-0.39, 0.29) is 18.9 Å². The van der Waals surface area contributed by atoms with E-state index in [9.17, 15) is 35.4 Å². The Kier molecular flexibility index (Phi) is 39.0. The second-order valence-electron chi connectivity index (χ2n) is 18.5. The Bertz CT molecular complexity index is 926. The largest absolute Gasteiger partial charge is 0.394 e. The molecule has 1 aliphatic rings. The highest BCUT2D eigenvalue weighted by molar-refractivity contribution is 5.76. The molecule has 1 heterocycles. The number of ether oxygens (including phenoxy) is 2. The molecule has 10 heteroatoms. The molecule has 0 aromatic rings. The fourth-order valence-electron chi connectivity index (χ4n) is 8.61. The van der Waals surface area contributed by atoms with Crippen molar-refractivity contribution in [2.45, 2.75) is 300 Å². The molecule has 0 aromatic carbocycles. The summed E-state index contributed by atoms with van der Waals surface area (Å²) in [5, 5.41) is 65.3. The Morgan fingerprint density at radius 3 is 1.23 bits per heavy atom. The highest BCUT2D eigenvalue weighted by atomic mass is 16.7. The highest BCUT2D eigenvalue weighted by Crippen LogP contribution is 2.23. The fourth-order valence-corrected chi connectivity index (χ4v) is 8.61. The molecule has 1 amide bonds. The third-order valence-electron chi connectivity index (χ3n) is 12.8. The van der Waals surface area contributed by atoms with Gasteiger partial charge in [0.15, 0.2) is 6.29 Å². The zero-order valence-corrected chi connectivity index (χ0v) is 39.1. The first kappa shape index (κ1) is 57.2. The third-order valence-corrected chi connectivity index (χ3v) is 12.8. The van der Waals surface area contributed by atoms with E-state index in [0.29, 0.717) is 6.42 Å². The van der Waals surface area contributed by atoms with Crippen LogP contribution in [0.4, 0.5) is 0 Å². The number of aliphatic hydroxyl groups excluding tert-OH is 6. The Morgan fingerprint density at radius 2 is 0.867 bits per heavy atom. The average molecular weight is 858 g/mol. The Labute approximate surface area is 368 Å². The van der Waals surface area contributed by atoms with E-state index in [0.717, 1.165) is 38.5 Å². The molecule has 0 saturated carbocycles. The Balaban J connectivity index is 2.26. The van der Waals surface area contributed by atoms with E-state index in [1.807, 2.05) is 0 Å². The summed E-state index contributed by atoms with van der Waals surface area (Å²) in [7, 11) is 0. The smallest absolute Gasteiger partial charge is 0.220 e. The van der Waals surface area contributed by atoms with Crippen LogP contribution in [0.15, 0.2) is 0 Å². The van der Waals surface area contributed by atoms with Crippen molar-refractivity contribution in [2.24, 2.45) is 0 Å². The number of carbonyl (C=O) groups is 1. The number of hydrogen-bond donors (Lipinski definition) is 7. The molecule has 0 bridgehead atoms. The van der Waals surface area contributed by atoms with Crippen LogP contribution in [0.3, 0.4) is 0 Å². The van der Waals surface area contributed by atoms with Gasteiger partial charge in [-0.2, -0.15) is 0 Å². The predicted molar refractivity (Wildman–Crippen MR) is 246 cm³/mol. The van der Waals surface area contributed by atoms with Crippen LogP contribution in [0.1, 0.15) is 251 Å². The van der Waals surface area contributed by atoms with Crippen LogP contribution in [0.2, 0.25) is 0 Å². The van der Waals surface area contributed by atoms with Gasteiger partial charge in [0, 0.05) is 6.42 Å². The molecule has 60 heavy (non-hydrogen) atoms. The van der Waals surface area contributed by atoms with Crippen molar-refractivity contribution in [1.29, 1.82) is 0 Å². The van der Waals surface area contributed by atoms with Crippen molar-refractivity contribution < 1.29 is 44.9 Å². The van der Waals surface area contributed by atoms with E-state index < -0.39 is 55.6 Å². The highest BCUT2D eigenvalue weighted by Gasteiger charge is 2.44. The monoisotopic (exact) mass is 858 g/mol. The van der Waals surface area contributed by atoms with Gasteiger partial charge in [-0.15, -0.1) is 0 Å². The van der Waals surface area contributed by atoms with Crippen molar-refractivity contribution >= 4 is 5.91 Å². The summed E-state index contributed by atoms with van der Waals surface area (Å²) in [4.78, 5) is 13.0. The van der Waals surface area contributed by atoms with Gasteiger partial charge in [-0.25, -0.2) is 0 Å². The topological polar surface area (TPSA) is 169 Å². The van der Waals surface area contributed by atoms with Gasteiger partial charge in [0.1, 0.15) is 30.5 Å². The summed E-state index contributed by atoms with van der Waals surface area (Å²) in [5.41, 5.74) is 0. The zero-order chi connectivity index (χ0) is 43.9. The lowest BCUT2D eigenvalue weighted by molar-refractivity contribution is -0.303. The second-order valence-corrected chi connectivity index (χ2v) is 18.5. The number of amides is 1. The van der Waals surface area contributed by atoms with Gasteiger partial charge in [0.25, 0.3) is 0 Å². The lowest BCUT2D eigenvalue weighted by atomic mass is 9.98. The van der Waals surface area contributed by atoms with E-state index in [2.05, 4.69) is 19.2 Å². The number of rotatable bonds is 44. The van der Waals surface area contributed by atoms with Crippen molar-refractivity contribution in [3.8, 4) is 0 Å². The zero-order valence-electron chi connectivity index (χ0n) is 39.1. The van der Waals surface area contributed by atoms with Crippen molar-refractivity contribution in [3.63, 3.8) is 0 Å². The summed E-state index contributed by atoms with van der Waals surface area (Å²) in [6, 6.07) is -0.985. The minimum Gasteiger partial charge on any atom is -0.394 e. The minimum atomic E-state index is -1.60. The van der Waals surface area contributed by atoms with Crippen molar-refractivity contribution in [1.82, 2.24) is 5.32 Å². The summed E-state index contributed by atoms with van der Waals surface area (Å²) < 4.78 is 11.2. The standard InChI is InChI=1S/C50H99NO9/c1-3-5-7-9-11-13-15-17-18-19-20-21-22-23-24-25-26-27-29-31-33-35-37-39-45(54)51-42(41-59-50-49(58)48(57)47(56)44(40-52)60-50)46(55)43(53)38-36-34-32-30-28-16-14-12-10-8-6-4-2/h42-44,46-50,52-53,55-58H,3-41H2,1-2H3,(H,51,54)/t42?,43-,44-,46?,47+,48+,49-,50+/m1/s1. The van der Waals surface area contributed by atoms with Gasteiger partial charge >= 0.3 is 0 Å². The van der Waals surface area contributed by atoms with E-state index in [4.69, 9.17) is 9.47 Å². The molecule has 1 rings (SSSR count). The van der Waals surface area contributed by atoms with E-state index in [1.54, 1.807) is 0 Å². The van der Waals surface area contributed by atoms with Gasteiger partial charge < -0.3 is 45.4 Å². The first-order chi connectivity index (χ1) is 29.3. The van der Waals surface area contributed by atoms with Crippen LogP contribution in [0.25, 0.3) is 0 Å². The molecule has 358 valence electrons. The second kappa shape index (κ2) is 40.9. The predicted octanol–water partition coefficient (Wildman–Crippen LogP) is 10.5. The molecule has 1 fully saturated rings. The summed E-state index contributed by atoms with van der Waals surface area (Å²) in [6.07, 6.45) is 35.5. The lowest BCUT2D eigenvalue weighted by Crippen LogP contribution is -2.60. The minimum absolute atomic E-state index is 0.252. The maximum atomic E-state index is 13.0. The summed E-state index contributed by atoms with van der Waals surface area (Å²) in [6.45, 7) is 3.63. The molecular weight excluding hydrogens is 759 g/mol. The molecule has 7 N–H and O–H groups in total. The van der Waals surface area contributed by atoms with E-state index >= 15 is 0 Å². The maximum Gasteiger partial charge on any atom is 0.220 e. The van der Waals surface area contributed by atoms with Gasteiger partial charge in [-0.05, 0) is 12.8 Å². The molecule has 10 nitrogen and oxygen atoms in total. The van der Waals surface area contributed by atoms with Crippen LogP contribution in [-0.4, -0.2) is 98.7 Å². The normalized spacial score (nSPS) is 21.0. The van der Waals surface area contributed by atoms with Crippen LogP contribution < -0.4 is 5.32 Å². The molecular formula is C50H99NO9. The number of aliphatic hydroxyl groups is 6. The molecule has 0 spiro atoms. The molecule has 0 radical (unpaired) electrons. The van der Waals surface area contributed by atoms with Gasteiger partial charge in [0.2, 0.25) is 5.91 Å². The number of carbonyl (C=O) groups excluding carboxylic acids is 1. The molecule has 1 saturated heterocycles. The first-order valence-corrected chi connectivity index (χ1v) is 25.8. The van der Waals surface area contributed by atoms with Crippen LogP contribution in [0, 0.1) is 0 Å². The van der Waals surface area contributed by atoms with E-state index in [1.165, 1.54) is 186 Å². The Morgan fingerprint density at radius 1 is 0.517 bits per heavy atom. The summed E-state index contributed by atoms with van der Waals surface area (Å²) in [5.74, 6) is -0.252. The fraction of sp³-hybridized carbons (Fsp3) is 0.980. The van der Waals surface area contributed by atoms with Gasteiger partial charge in [-0.1, -0.05) is 232 Å². The van der Waals surface area contributed by atoms with Crippen LogP contribution in [0.5, 0.6) is 0 Å².